The molecule has 2 rings (SSSR count). The number of ether oxygens (including phenoxy) is 4. The molecule has 0 bridgehead atoms. The molecule has 1 fully saturated rings. The van der Waals surface area contributed by atoms with Crippen LogP contribution in [-0.2, 0) is 30.3 Å². The number of benzene rings is 1. The second-order valence-corrected chi connectivity index (χ2v) is 8.01. The molecule has 1 aliphatic rings. The molecule has 2 atom stereocenters. The Bertz CT molecular complexity index is 571. The van der Waals surface area contributed by atoms with Crippen LogP contribution in [-0.4, -0.2) is 29.8 Å². The Balaban J connectivity index is 1.90. The second kappa shape index (κ2) is 7.85. The van der Waals surface area contributed by atoms with E-state index in [-0.39, 0.29) is 18.5 Å². The molecule has 0 aromatic heterocycles. The van der Waals surface area contributed by atoms with Gasteiger partial charge in [0, 0.05) is 6.42 Å². The van der Waals surface area contributed by atoms with Crippen molar-refractivity contribution in [2.45, 2.75) is 84.8 Å². The minimum Gasteiger partial charge on any atom is -0.460 e. The summed E-state index contributed by atoms with van der Waals surface area (Å²) in [6.45, 7) is 11.7. The van der Waals surface area contributed by atoms with Crippen molar-refractivity contribution < 1.29 is 23.7 Å². The van der Waals surface area contributed by atoms with Gasteiger partial charge >= 0.3 is 5.97 Å². The summed E-state index contributed by atoms with van der Waals surface area (Å²) in [7, 11) is 0. The summed E-state index contributed by atoms with van der Waals surface area (Å²) >= 11 is 0. The predicted molar refractivity (Wildman–Crippen MR) is 94.9 cm³/mol. The lowest BCUT2D eigenvalue weighted by molar-refractivity contribution is -0.353. The van der Waals surface area contributed by atoms with Crippen LogP contribution in [0.2, 0.25) is 0 Å². The van der Waals surface area contributed by atoms with Gasteiger partial charge in [-0.1, -0.05) is 29.8 Å². The molecule has 25 heavy (non-hydrogen) atoms. The van der Waals surface area contributed by atoms with Crippen molar-refractivity contribution in [1.82, 2.24) is 0 Å². The van der Waals surface area contributed by atoms with Crippen molar-refractivity contribution >= 4 is 5.97 Å². The molecule has 0 aliphatic carbocycles. The number of esters is 1. The molecule has 1 aromatic rings. The average molecular weight is 350 g/mol. The van der Waals surface area contributed by atoms with E-state index in [1.165, 1.54) is 5.56 Å². The standard InChI is InChI=1S/C20H30O5/c1-14-7-9-15(10-8-14)13-22-18-12-16(23-20(5,6)25-18)11-17(21)24-19(2,3)4/h7-10,16,18H,11-13H2,1-6H3/t16-,18?/m0/s1. The molecule has 1 unspecified atom stereocenters. The molecule has 0 spiro atoms. The first-order valence-corrected chi connectivity index (χ1v) is 8.77. The average Bonchev–Trinajstić information content (AvgIpc) is 2.42. The van der Waals surface area contributed by atoms with Crippen LogP contribution in [0.5, 0.6) is 0 Å². The third-order valence-electron chi connectivity index (χ3n) is 3.69. The number of hydrogen-bond acceptors (Lipinski definition) is 5. The van der Waals surface area contributed by atoms with Crippen LogP contribution in [0.1, 0.15) is 58.6 Å². The molecule has 0 saturated carbocycles. The smallest absolute Gasteiger partial charge is 0.308 e. The van der Waals surface area contributed by atoms with E-state index in [4.69, 9.17) is 18.9 Å². The lowest BCUT2D eigenvalue weighted by Crippen LogP contribution is -2.46. The fourth-order valence-electron chi connectivity index (χ4n) is 2.73. The van der Waals surface area contributed by atoms with Crippen LogP contribution in [0, 0.1) is 6.92 Å². The van der Waals surface area contributed by atoms with Crippen molar-refractivity contribution in [1.29, 1.82) is 0 Å². The van der Waals surface area contributed by atoms with Gasteiger partial charge in [0.15, 0.2) is 12.1 Å². The number of aryl methyl sites for hydroxylation is 1. The van der Waals surface area contributed by atoms with Crippen molar-refractivity contribution in [3.05, 3.63) is 35.4 Å². The Morgan fingerprint density at radius 3 is 2.44 bits per heavy atom. The topological polar surface area (TPSA) is 54.0 Å². The van der Waals surface area contributed by atoms with Gasteiger partial charge in [0.05, 0.1) is 19.1 Å². The maximum atomic E-state index is 12.1. The highest BCUT2D eigenvalue weighted by Crippen LogP contribution is 2.30. The molecule has 1 saturated heterocycles. The summed E-state index contributed by atoms with van der Waals surface area (Å²) in [5, 5.41) is 0. The minimum absolute atomic E-state index is 0.189. The fraction of sp³-hybridized carbons (Fsp3) is 0.650. The van der Waals surface area contributed by atoms with Gasteiger partial charge in [0.2, 0.25) is 0 Å². The third-order valence-corrected chi connectivity index (χ3v) is 3.69. The Labute approximate surface area is 150 Å². The van der Waals surface area contributed by atoms with Crippen LogP contribution < -0.4 is 0 Å². The molecule has 5 nitrogen and oxygen atoms in total. The Morgan fingerprint density at radius 1 is 1.20 bits per heavy atom. The molecule has 1 aliphatic heterocycles. The number of carbonyl (C=O) groups is 1. The maximum absolute atomic E-state index is 12.1. The zero-order valence-corrected chi connectivity index (χ0v) is 16.1. The largest absolute Gasteiger partial charge is 0.460 e. The molecule has 5 heteroatoms. The number of rotatable bonds is 5. The highest BCUT2D eigenvalue weighted by atomic mass is 16.8. The second-order valence-electron chi connectivity index (χ2n) is 8.01. The summed E-state index contributed by atoms with van der Waals surface area (Å²) < 4.78 is 23.0. The predicted octanol–water partition coefficient (Wildman–Crippen LogP) is 4.11. The van der Waals surface area contributed by atoms with Gasteiger partial charge in [-0.05, 0) is 47.1 Å². The highest BCUT2D eigenvalue weighted by molar-refractivity contribution is 5.70. The van der Waals surface area contributed by atoms with Crippen molar-refractivity contribution in [2.24, 2.45) is 0 Å². The van der Waals surface area contributed by atoms with Gasteiger partial charge in [0.25, 0.3) is 0 Å². The third kappa shape index (κ3) is 7.14. The summed E-state index contributed by atoms with van der Waals surface area (Å²) in [6, 6.07) is 8.19. The molecule has 0 amide bonds. The number of carbonyl (C=O) groups excluding carboxylic acids is 1. The first-order chi connectivity index (χ1) is 11.5. The zero-order valence-electron chi connectivity index (χ0n) is 16.1. The first-order valence-electron chi connectivity index (χ1n) is 8.77. The number of hydrogen-bond donors (Lipinski definition) is 0. The Hall–Kier alpha value is -1.43. The maximum Gasteiger partial charge on any atom is 0.308 e. The lowest BCUT2D eigenvalue weighted by Gasteiger charge is -2.40. The molecule has 140 valence electrons. The van der Waals surface area contributed by atoms with E-state index in [0.29, 0.717) is 13.0 Å². The summed E-state index contributed by atoms with van der Waals surface area (Å²) in [5.74, 6) is -1.07. The van der Waals surface area contributed by atoms with Crippen LogP contribution in [0.3, 0.4) is 0 Å². The van der Waals surface area contributed by atoms with Gasteiger partial charge in [-0.15, -0.1) is 0 Å². The molecular formula is C20H30O5. The SMILES string of the molecule is Cc1ccc(COC2C[C@H](CC(=O)OC(C)(C)C)OC(C)(C)O2)cc1. The van der Waals surface area contributed by atoms with Gasteiger partial charge in [-0.2, -0.15) is 0 Å². The quantitative estimate of drug-likeness (QED) is 0.748. The van der Waals surface area contributed by atoms with E-state index in [1.807, 2.05) is 46.8 Å². The highest BCUT2D eigenvalue weighted by Gasteiger charge is 2.37. The van der Waals surface area contributed by atoms with Gasteiger partial charge in [0.1, 0.15) is 5.60 Å². The van der Waals surface area contributed by atoms with Crippen LogP contribution in [0.15, 0.2) is 24.3 Å². The van der Waals surface area contributed by atoms with E-state index >= 15 is 0 Å². The fourth-order valence-corrected chi connectivity index (χ4v) is 2.73. The molecule has 0 N–H and O–H groups in total. The van der Waals surface area contributed by atoms with E-state index in [1.54, 1.807) is 0 Å². The van der Waals surface area contributed by atoms with E-state index < -0.39 is 17.7 Å². The summed E-state index contributed by atoms with van der Waals surface area (Å²) in [4.78, 5) is 12.1. The monoisotopic (exact) mass is 350 g/mol. The first kappa shape index (κ1) is 19.9. The van der Waals surface area contributed by atoms with Crippen molar-refractivity contribution in [3.63, 3.8) is 0 Å². The molecule has 1 aromatic carbocycles. The van der Waals surface area contributed by atoms with Crippen LogP contribution >= 0.6 is 0 Å². The Kier molecular flexibility index (Phi) is 6.25. The summed E-state index contributed by atoms with van der Waals surface area (Å²) in [6.07, 6.45) is -0.0256. The van der Waals surface area contributed by atoms with E-state index in [9.17, 15) is 4.79 Å². The lowest BCUT2D eigenvalue weighted by atomic mass is 10.1. The minimum atomic E-state index is -0.803. The van der Waals surface area contributed by atoms with Gasteiger partial charge < -0.3 is 18.9 Å². The van der Waals surface area contributed by atoms with Gasteiger partial charge in [-0.25, -0.2) is 0 Å². The Morgan fingerprint density at radius 2 is 1.84 bits per heavy atom. The normalized spacial score (nSPS) is 23.3. The van der Waals surface area contributed by atoms with Crippen molar-refractivity contribution in [3.8, 4) is 0 Å². The summed E-state index contributed by atoms with van der Waals surface area (Å²) in [5.41, 5.74) is 1.80. The molecule has 1 heterocycles. The molecular weight excluding hydrogens is 320 g/mol. The molecule has 0 radical (unpaired) electrons. The van der Waals surface area contributed by atoms with Gasteiger partial charge in [-0.3, -0.25) is 4.79 Å². The van der Waals surface area contributed by atoms with Crippen LogP contribution in [0.4, 0.5) is 0 Å². The van der Waals surface area contributed by atoms with E-state index in [0.717, 1.165) is 5.56 Å². The van der Waals surface area contributed by atoms with E-state index in [2.05, 4.69) is 19.1 Å². The van der Waals surface area contributed by atoms with Crippen molar-refractivity contribution in [2.75, 3.05) is 0 Å². The zero-order chi connectivity index (χ0) is 18.7. The van der Waals surface area contributed by atoms with Crippen LogP contribution in [0.25, 0.3) is 0 Å².